The smallest absolute Gasteiger partial charge is 0.124 e. The fourth-order valence-electron chi connectivity index (χ4n) is 2.32. The normalized spacial score (nSPS) is 15.6. The van der Waals surface area contributed by atoms with Crippen LogP contribution in [0.3, 0.4) is 0 Å². The Hall–Kier alpha value is -1.44. The van der Waals surface area contributed by atoms with E-state index < -0.39 is 0 Å². The molecule has 0 bridgehead atoms. The fourth-order valence-corrected chi connectivity index (χ4v) is 2.32. The van der Waals surface area contributed by atoms with Gasteiger partial charge in [0.05, 0.1) is 6.54 Å². The third-order valence-corrected chi connectivity index (χ3v) is 3.13. The van der Waals surface area contributed by atoms with Crippen molar-refractivity contribution < 1.29 is 4.74 Å². The van der Waals surface area contributed by atoms with Crippen LogP contribution in [0, 0.1) is 5.41 Å². The van der Waals surface area contributed by atoms with Gasteiger partial charge in [0, 0.05) is 17.8 Å². The Labute approximate surface area is 110 Å². The molecule has 0 aliphatic carbocycles. The van der Waals surface area contributed by atoms with Gasteiger partial charge in [0.25, 0.3) is 0 Å². The summed E-state index contributed by atoms with van der Waals surface area (Å²) in [7, 11) is 0. The summed E-state index contributed by atoms with van der Waals surface area (Å²) < 4.78 is 5.78. The molecule has 1 aliphatic heterocycles. The van der Waals surface area contributed by atoms with E-state index in [9.17, 15) is 0 Å². The molecule has 0 N–H and O–H groups in total. The summed E-state index contributed by atoms with van der Waals surface area (Å²) in [5, 5.41) is 0. The van der Waals surface area contributed by atoms with E-state index in [1.807, 2.05) is 12.1 Å². The van der Waals surface area contributed by atoms with E-state index in [1.165, 1.54) is 11.3 Å². The van der Waals surface area contributed by atoms with E-state index in [4.69, 9.17) is 4.74 Å². The summed E-state index contributed by atoms with van der Waals surface area (Å²) in [5.74, 6) is 1.02. The van der Waals surface area contributed by atoms with Gasteiger partial charge in [-0.05, 0) is 17.9 Å². The molecule has 2 rings (SSSR count). The van der Waals surface area contributed by atoms with Gasteiger partial charge in [0.2, 0.25) is 0 Å². The van der Waals surface area contributed by atoms with Crippen LogP contribution >= 0.6 is 0 Å². The molecular formula is C16H23NO. The Morgan fingerprint density at radius 2 is 2.06 bits per heavy atom. The zero-order valence-electron chi connectivity index (χ0n) is 11.7. The molecule has 1 aromatic carbocycles. The van der Waals surface area contributed by atoms with Gasteiger partial charge in [-0.1, -0.05) is 45.5 Å². The highest BCUT2D eigenvalue weighted by Gasteiger charge is 2.19. The zero-order valence-corrected chi connectivity index (χ0v) is 11.7. The molecule has 2 heteroatoms. The zero-order chi connectivity index (χ0) is 13.2. The molecule has 1 aliphatic rings. The van der Waals surface area contributed by atoms with E-state index in [-0.39, 0.29) is 5.41 Å². The van der Waals surface area contributed by atoms with Crippen molar-refractivity contribution in [2.75, 3.05) is 13.2 Å². The second-order valence-electron chi connectivity index (χ2n) is 6.18. The lowest BCUT2D eigenvalue weighted by atomic mass is 9.90. The number of ether oxygens (including phenoxy) is 1. The summed E-state index contributed by atoms with van der Waals surface area (Å²) in [6.45, 7) is 13.6. The summed E-state index contributed by atoms with van der Waals surface area (Å²) in [5.41, 5.74) is 2.75. The standard InChI is InChI=1S/C16H23NO/c1-13(11-16(2,3)4)17-9-10-18-15-8-6-5-7-14(15)12-17/h5-8H,1,9-12H2,2-4H3. The highest BCUT2D eigenvalue weighted by molar-refractivity contribution is 5.34. The lowest BCUT2D eigenvalue weighted by molar-refractivity contribution is 0.244. The maximum Gasteiger partial charge on any atom is 0.124 e. The Morgan fingerprint density at radius 3 is 2.78 bits per heavy atom. The SMILES string of the molecule is C=C(CC(C)(C)C)N1CCOc2ccccc2C1. The van der Waals surface area contributed by atoms with Crippen LogP contribution in [0.2, 0.25) is 0 Å². The predicted octanol–water partition coefficient (Wildman–Crippen LogP) is 3.83. The number of hydrogen-bond acceptors (Lipinski definition) is 2. The van der Waals surface area contributed by atoms with Gasteiger partial charge < -0.3 is 9.64 Å². The van der Waals surface area contributed by atoms with Crippen molar-refractivity contribution in [3.63, 3.8) is 0 Å². The number of allylic oxidation sites excluding steroid dienone is 1. The molecule has 2 nitrogen and oxygen atoms in total. The third-order valence-electron chi connectivity index (χ3n) is 3.13. The number of hydrogen-bond donors (Lipinski definition) is 0. The number of nitrogens with zero attached hydrogens (tertiary/aromatic N) is 1. The average molecular weight is 245 g/mol. The maximum atomic E-state index is 5.78. The van der Waals surface area contributed by atoms with Crippen LogP contribution < -0.4 is 4.74 Å². The van der Waals surface area contributed by atoms with Gasteiger partial charge in [0.15, 0.2) is 0 Å². The van der Waals surface area contributed by atoms with Crippen LogP contribution in [0.1, 0.15) is 32.8 Å². The van der Waals surface area contributed by atoms with Crippen molar-refractivity contribution in [1.82, 2.24) is 4.90 Å². The van der Waals surface area contributed by atoms with Crippen LogP contribution in [0.4, 0.5) is 0 Å². The average Bonchev–Trinajstić information content (AvgIpc) is 2.48. The summed E-state index contributed by atoms with van der Waals surface area (Å²) in [6, 6.07) is 8.28. The van der Waals surface area contributed by atoms with Crippen molar-refractivity contribution in [3.8, 4) is 5.75 Å². The summed E-state index contributed by atoms with van der Waals surface area (Å²) >= 11 is 0. The first-order chi connectivity index (χ1) is 8.46. The lowest BCUT2D eigenvalue weighted by Gasteiger charge is -2.29. The molecule has 1 heterocycles. The van der Waals surface area contributed by atoms with Gasteiger partial charge in [-0.25, -0.2) is 0 Å². The van der Waals surface area contributed by atoms with Gasteiger partial charge in [0.1, 0.15) is 12.4 Å². The molecule has 0 saturated carbocycles. The second kappa shape index (κ2) is 5.05. The Balaban J connectivity index is 2.10. The summed E-state index contributed by atoms with van der Waals surface area (Å²) in [4.78, 5) is 2.34. The number of fused-ring (bicyclic) bond motifs is 1. The molecule has 0 aromatic heterocycles. The molecular weight excluding hydrogens is 222 g/mol. The molecule has 0 fully saturated rings. The minimum absolute atomic E-state index is 0.282. The fraction of sp³-hybridized carbons (Fsp3) is 0.500. The van der Waals surface area contributed by atoms with Crippen LogP contribution in [-0.2, 0) is 6.54 Å². The Morgan fingerprint density at radius 1 is 1.33 bits per heavy atom. The van der Waals surface area contributed by atoms with Gasteiger partial charge in [-0.2, -0.15) is 0 Å². The van der Waals surface area contributed by atoms with E-state index in [0.29, 0.717) is 0 Å². The van der Waals surface area contributed by atoms with Crippen molar-refractivity contribution in [2.24, 2.45) is 5.41 Å². The maximum absolute atomic E-state index is 5.78. The summed E-state index contributed by atoms with van der Waals surface area (Å²) in [6.07, 6.45) is 1.02. The number of para-hydroxylation sites is 1. The largest absolute Gasteiger partial charge is 0.491 e. The van der Waals surface area contributed by atoms with E-state index in [0.717, 1.165) is 31.9 Å². The van der Waals surface area contributed by atoms with E-state index >= 15 is 0 Å². The van der Waals surface area contributed by atoms with Crippen LogP contribution in [-0.4, -0.2) is 18.1 Å². The molecule has 0 unspecified atom stereocenters. The monoisotopic (exact) mass is 245 g/mol. The van der Waals surface area contributed by atoms with Gasteiger partial charge >= 0.3 is 0 Å². The molecule has 0 amide bonds. The van der Waals surface area contributed by atoms with E-state index in [2.05, 4.69) is 44.4 Å². The topological polar surface area (TPSA) is 12.5 Å². The third kappa shape index (κ3) is 3.28. The Bertz CT molecular complexity index is 431. The molecule has 0 atom stereocenters. The predicted molar refractivity (Wildman–Crippen MR) is 75.6 cm³/mol. The second-order valence-corrected chi connectivity index (χ2v) is 6.18. The molecule has 0 radical (unpaired) electrons. The molecule has 1 aromatic rings. The van der Waals surface area contributed by atoms with Crippen LogP contribution in [0.15, 0.2) is 36.5 Å². The molecule has 0 saturated heterocycles. The molecule has 0 spiro atoms. The highest BCUT2D eigenvalue weighted by atomic mass is 16.5. The van der Waals surface area contributed by atoms with Crippen LogP contribution in [0.25, 0.3) is 0 Å². The van der Waals surface area contributed by atoms with Crippen LogP contribution in [0.5, 0.6) is 5.75 Å². The first kappa shape index (κ1) is 13.0. The first-order valence-electron chi connectivity index (χ1n) is 6.59. The minimum atomic E-state index is 0.282. The number of benzene rings is 1. The molecule has 98 valence electrons. The lowest BCUT2D eigenvalue weighted by Crippen LogP contribution is -2.27. The van der Waals surface area contributed by atoms with Crippen molar-refractivity contribution >= 4 is 0 Å². The molecule has 18 heavy (non-hydrogen) atoms. The number of rotatable bonds is 2. The quantitative estimate of drug-likeness (QED) is 0.785. The van der Waals surface area contributed by atoms with Gasteiger partial charge in [-0.3, -0.25) is 0 Å². The minimum Gasteiger partial charge on any atom is -0.491 e. The van der Waals surface area contributed by atoms with Crippen molar-refractivity contribution in [3.05, 3.63) is 42.1 Å². The van der Waals surface area contributed by atoms with Crippen molar-refractivity contribution in [1.29, 1.82) is 0 Å². The van der Waals surface area contributed by atoms with E-state index in [1.54, 1.807) is 0 Å². The highest BCUT2D eigenvalue weighted by Crippen LogP contribution is 2.29. The first-order valence-corrected chi connectivity index (χ1v) is 6.59. The Kier molecular flexibility index (Phi) is 3.65. The van der Waals surface area contributed by atoms with Crippen molar-refractivity contribution in [2.45, 2.75) is 33.7 Å². The van der Waals surface area contributed by atoms with Gasteiger partial charge in [-0.15, -0.1) is 0 Å².